The Hall–Kier alpha value is -3.67. The van der Waals surface area contributed by atoms with Crippen LogP contribution in [0.5, 0.6) is 5.75 Å². The number of ether oxygens (including phenoxy) is 1. The molecule has 0 spiro atoms. The van der Waals surface area contributed by atoms with Gasteiger partial charge in [0.25, 0.3) is 0 Å². The molecule has 3 aromatic heterocycles. The van der Waals surface area contributed by atoms with E-state index < -0.39 is 28.6 Å². The number of halogens is 3. The smallest absolute Gasteiger partial charge is 0.406 e. The third-order valence-electron chi connectivity index (χ3n) is 5.08. The molecule has 1 atom stereocenters. The van der Waals surface area contributed by atoms with Crippen LogP contribution in [0.15, 0.2) is 53.4 Å². The molecule has 0 fully saturated rings. The van der Waals surface area contributed by atoms with E-state index in [0.29, 0.717) is 34.4 Å². The fourth-order valence-electron chi connectivity index (χ4n) is 3.54. The molecule has 34 heavy (non-hydrogen) atoms. The molecule has 0 aliphatic heterocycles. The molecule has 0 bridgehead atoms. The van der Waals surface area contributed by atoms with E-state index >= 15 is 0 Å². The second kappa shape index (κ2) is 9.67. The lowest BCUT2D eigenvalue weighted by atomic mass is 10.1. The van der Waals surface area contributed by atoms with Gasteiger partial charge in [0, 0.05) is 36.9 Å². The highest BCUT2D eigenvalue weighted by Gasteiger charge is 2.24. The molecule has 0 aliphatic rings. The fourth-order valence-corrected chi connectivity index (χ4v) is 3.85. The van der Waals surface area contributed by atoms with Crippen molar-refractivity contribution in [1.29, 1.82) is 0 Å². The van der Waals surface area contributed by atoms with Gasteiger partial charge in [-0.1, -0.05) is 0 Å². The highest BCUT2D eigenvalue weighted by Crippen LogP contribution is 2.34. The molecule has 0 amide bonds. The second-order valence-electron chi connectivity index (χ2n) is 7.45. The summed E-state index contributed by atoms with van der Waals surface area (Å²) in [5, 5.41) is 19.6. The molecule has 4 rings (SSSR count). The summed E-state index contributed by atoms with van der Waals surface area (Å²) < 4.78 is 37.9. The Balaban J connectivity index is 1.73. The highest BCUT2D eigenvalue weighted by molar-refractivity contribution is 9.10. The Bertz CT molecular complexity index is 1360. The molecular formula is C22H19BrF2N6O3. The summed E-state index contributed by atoms with van der Waals surface area (Å²) in [4.78, 5) is 14.5. The maximum absolute atomic E-state index is 14.2. The van der Waals surface area contributed by atoms with Crippen molar-refractivity contribution in [2.45, 2.75) is 32.9 Å². The standard InChI is InChI=1S/C22H19BrF2N6O3/c1-3-29-12-14(10-27-29)6-17-9-21(25)28-30(17)19-5-4-16(24)8-18(19)13(2)34-20-7-15(23)11-26-22(20)31(32)33/h4-5,7-13H,3,6H2,1-2H3. The van der Waals surface area contributed by atoms with Crippen LogP contribution in [0.3, 0.4) is 0 Å². The zero-order valence-electron chi connectivity index (χ0n) is 18.2. The zero-order chi connectivity index (χ0) is 24.4. The third-order valence-corrected chi connectivity index (χ3v) is 5.51. The summed E-state index contributed by atoms with van der Waals surface area (Å²) in [6.45, 7) is 4.26. The molecule has 0 aliphatic carbocycles. The van der Waals surface area contributed by atoms with Crippen LogP contribution < -0.4 is 4.74 Å². The SMILES string of the molecule is CCn1cc(Cc2cc(F)nn2-c2ccc(F)cc2C(C)Oc2cc(Br)cnc2[N+](=O)[O-])cn1. The topological polar surface area (TPSA) is 101 Å². The number of hydrogen-bond donors (Lipinski definition) is 0. The van der Waals surface area contributed by atoms with E-state index in [0.717, 1.165) is 5.56 Å². The fraction of sp³-hybridized carbons (Fsp3) is 0.227. The quantitative estimate of drug-likeness (QED) is 0.229. The van der Waals surface area contributed by atoms with Gasteiger partial charge in [-0.3, -0.25) is 4.68 Å². The lowest BCUT2D eigenvalue weighted by molar-refractivity contribution is -0.390. The van der Waals surface area contributed by atoms with Gasteiger partial charge in [-0.2, -0.15) is 9.49 Å². The van der Waals surface area contributed by atoms with Gasteiger partial charge in [-0.25, -0.2) is 9.07 Å². The first kappa shape index (κ1) is 23.5. The molecule has 1 unspecified atom stereocenters. The third kappa shape index (κ3) is 4.96. The van der Waals surface area contributed by atoms with Crippen molar-refractivity contribution in [3.63, 3.8) is 0 Å². The van der Waals surface area contributed by atoms with E-state index in [1.165, 1.54) is 41.2 Å². The first-order chi connectivity index (χ1) is 16.2. The summed E-state index contributed by atoms with van der Waals surface area (Å²) >= 11 is 3.22. The van der Waals surface area contributed by atoms with Crippen LogP contribution in [0, 0.1) is 21.9 Å². The summed E-state index contributed by atoms with van der Waals surface area (Å²) in [6, 6.07) is 6.63. The van der Waals surface area contributed by atoms with Gasteiger partial charge in [-0.15, -0.1) is 5.10 Å². The zero-order valence-corrected chi connectivity index (χ0v) is 19.7. The Morgan fingerprint density at radius 1 is 1.24 bits per heavy atom. The summed E-state index contributed by atoms with van der Waals surface area (Å²) in [6.07, 6.45) is 4.30. The average Bonchev–Trinajstić information content (AvgIpc) is 3.39. The number of aromatic nitrogens is 5. The maximum atomic E-state index is 14.2. The molecule has 0 saturated heterocycles. The van der Waals surface area contributed by atoms with E-state index in [9.17, 15) is 18.9 Å². The van der Waals surface area contributed by atoms with Crippen molar-refractivity contribution in [3.8, 4) is 11.4 Å². The van der Waals surface area contributed by atoms with Crippen LogP contribution in [0.2, 0.25) is 0 Å². The minimum absolute atomic E-state index is 0.0964. The van der Waals surface area contributed by atoms with Gasteiger partial charge >= 0.3 is 5.82 Å². The monoisotopic (exact) mass is 532 g/mol. The molecule has 4 aromatic rings. The molecule has 1 aromatic carbocycles. The lowest BCUT2D eigenvalue weighted by Crippen LogP contribution is -2.12. The molecule has 9 nitrogen and oxygen atoms in total. The number of aryl methyl sites for hydroxylation is 1. The van der Waals surface area contributed by atoms with Gasteiger partial charge in [0.05, 0.1) is 22.1 Å². The first-order valence-corrected chi connectivity index (χ1v) is 11.1. The van der Waals surface area contributed by atoms with Crippen molar-refractivity contribution < 1.29 is 18.4 Å². The number of nitrogens with zero attached hydrogens (tertiary/aromatic N) is 6. The largest absolute Gasteiger partial charge is 0.478 e. The average molecular weight is 533 g/mol. The molecule has 0 saturated carbocycles. The Morgan fingerprint density at radius 3 is 2.74 bits per heavy atom. The van der Waals surface area contributed by atoms with E-state index in [1.807, 2.05) is 13.1 Å². The van der Waals surface area contributed by atoms with Crippen molar-refractivity contribution in [2.75, 3.05) is 0 Å². The predicted molar refractivity (Wildman–Crippen MR) is 122 cm³/mol. The number of hydrogen-bond acceptors (Lipinski definition) is 6. The minimum atomic E-state index is -0.858. The van der Waals surface area contributed by atoms with Crippen LogP contribution in [0.4, 0.5) is 14.6 Å². The number of pyridine rings is 1. The highest BCUT2D eigenvalue weighted by atomic mass is 79.9. The van der Waals surface area contributed by atoms with Gasteiger partial charge in [-0.05, 0) is 63.4 Å². The molecular weight excluding hydrogens is 514 g/mol. The number of benzene rings is 1. The number of nitro groups is 1. The summed E-state index contributed by atoms with van der Waals surface area (Å²) in [5.74, 6) is -1.82. The Morgan fingerprint density at radius 2 is 2.03 bits per heavy atom. The molecule has 0 radical (unpaired) electrons. The van der Waals surface area contributed by atoms with Crippen LogP contribution in [-0.2, 0) is 13.0 Å². The van der Waals surface area contributed by atoms with E-state index in [4.69, 9.17) is 4.74 Å². The maximum Gasteiger partial charge on any atom is 0.406 e. The molecule has 12 heteroatoms. The predicted octanol–water partition coefficient (Wildman–Crippen LogP) is 5.16. The normalized spacial score (nSPS) is 12.0. The van der Waals surface area contributed by atoms with Crippen molar-refractivity contribution in [2.24, 2.45) is 0 Å². The van der Waals surface area contributed by atoms with Crippen LogP contribution in [0.25, 0.3) is 5.69 Å². The van der Waals surface area contributed by atoms with Crippen LogP contribution in [0.1, 0.15) is 36.8 Å². The van der Waals surface area contributed by atoms with Gasteiger partial charge in [0.1, 0.15) is 11.9 Å². The van der Waals surface area contributed by atoms with Crippen LogP contribution >= 0.6 is 15.9 Å². The Kier molecular flexibility index (Phi) is 6.68. The van der Waals surface area contributed by atoms with Gasteiger partial charge in [0.2, 0.25) is 11.7 Å². The molecule has 0 N–H and O–H groups in total. The molecule has 176 valence electrons. The lowest BCUT2D eigenvalue weighted by Gasteiger charge is -2.19. The van der Waals surface area contributed by atoms with E-state index in [-0.39, 0.29) is 5.75 Å². The van der Waals surface area contributed by atoms with Gasteiger partial charge < -0.3 is 14.9 Å². The first-order valence-electron chi connectivity index (χ1n) is 10.3. The van der Waals surface area contributed by atoms with E-state index in [1.54, 1.807) is 17.8 Å². The molecule has 3 heterocycles. The van der Waals surface area contributed by atoms with E-state index in [2.05, 4.69) is 31.1 Å². The van der Waals surface area contributed by atoms with Crippen LogP contribution in [-0.4, -0.2) is 29.5 Å². The van der Waals surface area contributed by atoms with Crippen molar-refractivity contribution >= 4 is 21.7 Å². The Labute approximate surface area is 201 Å². The minimum Gasteiger partial charge on any atom is -0.478 e. The van der Waals surface area contributed by atoms with Crippen molar-refractivity contribution in [1.82, 2.24) is 24.5 Å². The number of rotatable bonds is 8. The van der Waals surface area contributed by atoms with Crippen molar-refractivity contribution in [3.05, 3.63) is 92.1 Å². The summed E-state index contributed by atoms with van der Waals surface area (Å²) in [7, 11) is 0. The summed E-state index contributed by atoms with van der Waals surface area (Å²) in [5.41, 5.74) is 2.07. The van der Waals surface area contributed by atoms with Gasteiger partial charge in [0.15, 0.2) is 6.20 Å². The second-order valence-corrected chi connectivity index (χ2v) is 8.36.